The van der Waals surface area contributed by atoms with E-state index < -0.39 is 34.4 Å². The molecular weight excluding hydrogens is 383 g/mol. The van der Waals surface area contributed by atoms with Crippen LogP contribution < -0.4 is 5.32 Å². The first-order valence-electron chi connectivity index (χ1n) is 7.76. The summed E-state index contributed by atoms with van der Waals surface area (Å²) >= 11 is 0. The molecule has 2 aromatic heterocycles. The molecule has 1 aromatic carbocycles. The Balaban J connectivity index is 2.00. The first kappa shape index (κ1) is 19.1. The zero-order valence-electron chi connectivity index (χ0n) is 14.1. The second-order valence-electron chi connectivity index (χ2n) is 5.91. The average molecular weight is 395 g/mol. The molecule has 0 radical (unpaired) electrons. The van der Waals surface area contributed by atoms with E-state index in [4.69, 9.17) is 5.11 Å². The van der Waals surface area contributed by atoms with E-state index in [1.807, 2.05) is 0 Å². The fourth-order valence-electron chi connectivity index (χ4n) is 2.60. The minimum Gasteiger partial charge on any atom is -0.478 e. The van der Waals surface area contributed by atoms with Gasteiger partial charge in [0.2, 0.25) is 0 Å². The van der Waals surface area contributed by atoms with Crippen molar-refractivity contribution < 1.29 is 28.0 Å². The van der Waals surface area contributed by atoms with Crippen LogP contribution in [0.1, 0.15) is 34.5 Å². The van der Waals surface area contributed by atoms with Gasteiger partial charge in [0.15, 0.2) is 5.82 Å². The molecule has 0 saturated carbocycles. The first-order valence-corrected chi connectivity index (χ1v) is 7.76. The number of benzene rings is 1. The summed E-state index contributed by atoms with van der Waals surface area (Å²) in [4.78, 5) is 25.2. The van der Waals surface area contributed by atoms with Crippen molar-refractivity contribution in [3.8, 4) is 0 Å². The van der Waals surface area contributed by atoms with Gasteiger partial charge in [-0.3, -0.25) is 10.1 Å². The normalized spacial score (nSPS) is 12.7. The van der Waals surface area contributed by atoms with Crippen LogP contribution in [0.15, 0.2) is 36.8 Å². The number of aromatic carboxylic acids is 1. The van der Waals surface area contributed by atoms with E-state index >= 15 is 0 Å². The molecule has 0 fully saturated rings. The van der Waals surface area contributed by atoms with E-state index in [-0.39, 0.29) is 22.5 Å². The van der Waals surface area contributed by atoms with Gasteiger partial charge in [-0.25, -0.2) is 14.3 Å². The number of non-ortho nitro benzene ring substituents is 1. The second-order valence-corrected chi connectivity index (χ2v) is 5.91. The number of carbonyl (C=O) groups is 1. The summed E-state index contributed by atoms with van der Waals surface area (Å²) < 4.78 is 40.4. The molecule has 0 saturated heterocycles. The maximum absolute atomic E-state index is 13.1. The Hall–Kier alpha value is -3.70. The fourth-order valence-corrected chi connectivity index (χ4v) is 2.60. The van der Waals surface area contributed by atoms with Crippen molar-refractivity contribution in [2.24, 2.45) is 0 Å². The number of aromatic nitrogens is 3. The summed E-state index contributed by atoms with van der Waals surface area (Å²) in [5, 5.41) is 26.8. The van der Waals surface area contributed by atoms with E-state index in [1.54, 1.807) is 0 Å². The molecule has 2 N–H and O–H groups in total. The number of carboxylic acid groups (broad SMARTS) is 1. The Kier molecular flexibility index (Phi) is 4.63. The van der Waals surface area contributed by atoms with Crippen LogP contribution in [0.25, 0.3) is 5.52 Å². The highest BCUT2D eigenvalue weighted by molar-refractivity contribution is 5.90. The molecular formula is C16H12F3N5O4. The zero-order valence-corrected chi connectivity index (χ0v) is 14.1. The minimum atomic E-state index is -4.75. The molecule has 9 nitrogen and oxygen atoms in total. The highest BCUT2D eigenvalue weighted by Crippen LogP contribution is 2.34. The van der Waals surface area contributed by atoms with Crippen molar-refractivity contribution in [3.63, 3.8) is 0 Å². The van der Waals surface area contributed by atoms with Crippen LogP contribution in [0.4, 0.5) is 24.7 Å². The average Bonchev–Trinajstić information content (AvgIpc) is 3.06. The zero-order chi connectivity index (χ0) is 20.6. The number of anilines is 1. The van der Waals surface area contributed by atoms with Gasteiger partial charge in [0.1, 0.15) is 11.8 Å². The number of halogens is 3. The third kappa shape index (κ3) is 3.70. The maximum Gasteiger partial charge on any atom is 0.416 e. The SMILES string of the molecule is C[C@@H](Nc1ncnn2cc(C(=O)O)cc12)c1cc([N+](=O)[O-])cc(C(F)(F)F)c1. The van der Waals surface area contributed by atoms with Crippen molar-refractivity contribution in [2.75, 3.05) is 5.32 Å². The summed E-state index contributed by atoms with van der Waals surface area (Å²) in [6.45, 7) is 1.50. The van der Waals surface area contributed by atoms with Crippen LogP contribution in [0.2, 0.25) is 0 Å². The van der Waals surface area contributed by atoms with Crippen molar-refractivity contribution >= 4 is 23.0 Å². The standard InChI is InChI=1S/C16H12F3N5O4/c1-8(9-2-11(16(17,18)19)5-12(3-9)24(27)28)22-14-13-4-10(15(25)26)6-23(13)21-7-20-14/h2-8H,1H3,(H,25,26)(H,20,21,22)/t8-/m1/s1. The number of nitro benzene ring substituents is 1. The van der Waals surface area contributed by atoms with Gasteiger partial charge in [0.05, 0.1) is 22.1 Å². The summed E-state index contributed by atoms with van der Waals surface area (Å²) in [6.07, 6.45) is -2.35. The van der Waals surface area contributed by atoms with Crippen molar-refractivity contribution in [3.05, 3.63) is 63.6 Å². The lowest BCUT2D eigenvalue weighted by Crippen LogP contribution is -2.12. The second kappa shape index (κ2) is 6.79. The molecule has 0 unspecified atom stereocenters. The third-order valence-electron chi connectivity index (χ3n) is 3.98. The van der Waals surface area contributed by atoms with Crippen LogP contribution in [0.3, 0.4) is 0 Å². The highest BCUT2D eigenvalue weighted by Gasteiger charge is 2.33. The number of hydrogen-bond donors (Lipinski definition) is 2. The Bertz CT molecular complexity index is 1080. The summed E-state index contributed by atoms with van der Waals surface area (Å²) in [5.41, 5.74) is -1.58. The number of hydrogen-bond acceptors (Lipinski definition) is 6. The van der Waals surface area contributed by atoms with Gasteiger partial charge in [0.25, 0.3) is 5.69 Å². The highest BCUT2D eigenvalue weighted by atomic mass is 19.4. The van der Waals surface area contributed by atoms with Crippen LogP contribution in [-0.2, 0) is 6.18 Å². The van der Waals surface area contributed by atoms with Crippen LogP contribution in [0, 0.1) is 10.1 Å². The fraction of sp³-hybridized carbons (Fsp3) is 0.188. The number of fused-ring (bicyclic) bond motifs is 1. The van der Waals surface area contributed by atoms with Gasteiger partial charge >= 0.3 is 12.1 Å². The minimum absolute atomic E-state index is 0.0169. The topological polar surface area (TPSA) is 123 Å². The van der Waals surface area contributed by atoms with Crippen molar-refractivity contribution in [2.45, 2.75) is 19.1 Å². The van der Waals surface area contributed by atoms with E-state index in [0.29, 0.717) is 6.07 Å². The van der Waals surface area contributed by atoms with Crippen LogP contribution in [-0.4, -0.2) is 30.6 Å². The van der Waals surface area contributed by atoms with E-state index in [2.05, 4.69) is 15.4 Å². The Morgan fingerprint density at radius 3 is 2.64 bits per heavy atom. The van der Waals surface area contributed by atoms with E-state index in [0.717, 1.165) is 18.5 Å². The van der Waals surface area contributed by atoms with Gasteiger partial charge in [-0.2, -0.15) is 18.3 Å². The van der Waals surface area contributed by atoms with E-state index in [1.165, 1.54) is 23.7 Å². The number of nitrogens with zero attached hydrogens (tertiary/aromatic N) is 4. The van der Waals surface area contributed by atoms with Gasteiger partial charge in [0, 0.05) is 18.3 Å². The molecule has 146 valence electrons. The quantitative estimate of drug-likeness (QED) is 0.500. The lowest BCUT2D eigenvalue weighted by atomic mass is 10.0. The molecule has 0 aliphatic rings. The van der Waals surface area contributed by atoms with Gasteiger partial charge in [-0.15, -0.1) is 0 Å². The largest absolute Gasteiger partial charge is 0.478 e. The molecule has 28 heavy (non-hydrogen) atoms. The molecule has 0 aliphatic carbocycles. The Morgan fingerprint density at radius 2 is 2.04 bits per heavy atom. The molecule has 2 heterocycles. The smallest absolute Gasteiger partial charge is 0.416 e. The number of rotatable bonds is 5. The van der Waals surface area contributed by atoms with Crippen LogP contribution >= 0.6 is 0 Å². The van der Waals surface area contributed by atoms with Crippen molar-refractivity contribution in [1.29, 1.82) is 0 Å². The van der Waals surface area contributed by atoms with Crippen molar-refractivity contribution in [1.82, 2.24) is 14.6 Å². The summed E-state index contributed by atoms with van der Waals surface area (Å²) in [7, 11) is 0. The summed E-state index contributed by atoms with van der Waals surface area (Å²) in [6, 6.07) is 2.80. The molecule has 0 amide bonds. The maximum atomic E-state index is 13.1. The lowest BCUT2D eigenvalue weighted by Gasteiger charge is -2.17. The van der Waals surface area contributed by atoms with Gasteiger partial charge in [-0.1, -0.05) is 0 Å². The molecule has 12 heteroatoms. The molecule has 0 bridgehead atoms. The van der Waals surface area contributed by atoms with Gasteiger partial charge < -0.3 is 10.4 Å². The lowest BCUT2D eigenvalue weighted by molar-refractivity contribution is -0.385. The van der Waals surface area contributed by atoms with Crippen LogP contribution in [0.5, 0.6) is 0 Å². The molecule has 1 atom stereocenters. The molecule has 3 aromatic rings. The first-order chi connectivity index (χ1) is 13.1. The third-order valence-corrected chi connectivity index (χ3v) is 3.98. The molecule has 0 spiro atoms. The Labute approximate surface area is 154 Å². The predicted molar refractivity (Wildman–Crippen MR) is 90.1 cm³/mol. The number of alkyl halides is 3. The number of nitro groups is 1. The Morgan fingerprint density at radius 1 is 1.32 bits per heavy atom. The van der Waals surface area contributed by atoms with Gasteiger partial charge in [-0.05, 0) is 24.6 Å². The molecule has 3 rings (SSSR count). The predicted octanol–water partition coefficient (Wildman–Crippen LogP) is 3.53. The number of carboxylic acids is 1. The summed E-state index contributed by atoms with van der Waals surface area (Å²) in [5.74, 6) is -1.02. The number of nitrogens with one attached hydrogen (secondary N) is 1. The monoisotopic (exact) mass is 395 g/mol. The molecule has 0 aliphatic heterocycles. The van der Waals surface area contributed by atoms with E-state index in [9.17, 15) is 28.1 Å².